The Labute approximate surface area is 118 Å². The third kappa shape index (κ3) is 4.13. The zero-order chi connectivity index (χ0) is 14.4. The number of thioether (sulfide) groups is 1. The third-order valence-corrected chi connectivity index (χ3v) is 3.19. The average molecular weight is 292 g/mol. The van der Waals surface area contributed by atoms with Crippen molar-refractivity contribution in [3.8, 4) is 5.75 Å². The number of hydrogen-bond acceptors (Lipinski definition) is 5. The quantitative estimate of drug-likeness (QED) is 0.477. The molecule has 2 aromatic rings. The van der Waals surface area contributed by atoms with E-state index < -0.39 is 5.97 Å². The fourth-order valence-corrected chi connectivity index (χ4v) is 2.09. The lowest BCUT2D eigenvalue weighted by molar-refractivity contribution is 0.0697. The fraction of sp³-hybridized carbons (Fsp3) is 0.154. The number of rotatable bonds is 6. The van der Waals surface area contributed by atoms with E-state index in [9.17, 15) is 9.59 Å². The maximum absolute atomic E-state index is 11.0. The molecule has 0 amide bonds. The summed E-state index contributed by atoms with van der Waals surface area (Å²) in [6.07, 6.45) is 1.45. The van der Waals surface area contributed by atoms with Gasteiger partial charge in [0, 0.05) is 18.0 Å². The van der Waals surface area contributed by atoms with Crippen LogP contribution in [0.15, 0.2) is 46.5 Å². The van der Waals surface area contributed by atoms with Gasteiger partial charge in [-0.1, -0.05) is 11.8 Å². The molecule has 0 bridgehead atoms. The number of ether oxygens (including phenoxy) is 1. The predicted molar refractivity (Wildman–Crippen MR) is 74.5 cm³/mol. The molecule has 1 aromatic heterocycles. The summed E-state index contributed by atoms with van der Waals surface area (Å²) in [5.41, 5.74) is 0.0328. The van der Waals surface area contributed by atoms with Crippen molar-refractivity contribution in [3.63, 3.8) is 0 Å². The zero-order valence-corrected chi connectivity index (χ0v) is 11.2. The summed E-state index contributed by atoms with van der Waals surface area (Å²) in [4.78, 5) is 28.3. The second-order valence-corrected chi connectivity index (χ2v) is 4.85. The molecule has 6 nitrogen and oxygen atoms in total. The first kappa shape index (κ1) is 14.1. The SMILES string of the molecule is O=C(O)c1ccc(OCCSc2nccc(=O)[nH]2)cc1. The van der Waals surface area contributed by atoms with Gasteiger partial charge in [-0.15, -0.1) is 0 Å². The number of H-pyrrole nitrogens is 1. The van der Waals surface area contributed by atoms with Crippen LogP contribution in [0.25, 0.3) is 0 Å². The summed E-state index contributed by atoms with van der Waals surface area (Å²) < 4.78 is 5.46. The highest BCUT2D eigenvalue weighted by Crippen LogP contribution is 2.14. The van der Waals surface area contributed by atoms with Crippen molar-refractivity contribution in [1.82, 2.24) is 9.97 Å². The van der Waals surface area contributed by atoms with Crippen LogP contribution in [0.4, 0.5) is 0 Å². The number of aromatic amines is 1. The van der Waals surface area contributed by atoms with Crippen LogP contribution in [0.1, 0.15) is 10.4 Å². The highest BCUT2D eigenvalue weighted by molar-refractivity contribution is 7.99. The van der Waals surface area contributed by atoms with Crippen LogP contribution in [0.5, 0.6) is 5.75 Å². The Balaban J connectivity index is 1.78. The van der Waals surface area contributed by atoms with E-state index >= 15 is 0 Å². The van der Waals surface area contributed by atoms with Crippen LogP contribution in [-0.2, 0) is 0 Å². The summed E-state index contributed by atoms with van der Waals surface area (Å²) in [7, 11) is 0. The van der Waals surface area contributed by atoms with Crippen LogP contribution in [-0.4, -0.2) is 33.4 Å². The maximum atomic E-state index is 11.0. The normalized spacial score (nSPS) is 10.2. The van der Waals surface area contributed by atoms with E-state index in [1.165, 1.54) is 36.2 Å². The second kappa shape index (κ2) is 6.76. The minimum Gasteiger partial charge on any atom is -0.493 e. The van der Waals surface area contributed by atoms with Crippen molar-refractivity contribution in [1.29, 1.82) is 0 Å². The molecular weight excluding hydrogens is 280 g/mol. The molecule has 0 radical (unpaired) electrons. The molecule has 0 atom stereocenters. The van der Waals surface area contributed by atoms with Crippen LogP contribution >= 0.6 is 11.8 Å². The Bertz CT molecular complexity index is 639. The molecule has 0 saturated heterocycles. The monoisotopic (exact) mass is 292 g/mol. The standard InChI is InChI=1S/C13H12N2O4S/c16-11-5-6-14-13(15-11)20-8-7-19-10-3-1-9(2-4-10)12(17)18/h1-6H,7-8H2,(H,17,18)(H,14,15,16). The van der Waals surface area contributed by atoms with E-state index in [4.69, 9.17) is 9.84 Å². The largest absolute Gasteiger partial charge is 0.493 e. The zero-order valence-electron chi connectivity index (χ0n) is 10.4. The molecule has 0 fully saturated rings. The first-order valence-corrected chi connectivity index (χ1v) is 6.78. The highest BCUT2D eigenvalue weighted by atomic mass is 32.2. The molecule has 0 unspecified atom stereocenters. The number of nitrogens with zero attached hydrogens (tertiary/aromatic N) is 1. The Morgan fingerprint density at radius 3 is 2.70 bits per heavy atom. The van der Waals surface area contributed by atoms with Crippen molar-refractivity contribution < 1.29 is 14.6 Å². The van der Waals surface area contributed by atoms with Crippen molar-refractivity contribution in [2.24, 2.45) is 0 Å². The molecule has 1 aromatic carbocycles. The lowest BCUT2D eigenvalue weighted by Crippen LogP contribution is -2.07. The maximum Gasteiger partial charge on any atom is 0.335 e. The van der Waals surface area contributed by atoms with Crippen molar-refractivity contribution in [2.75, 3.05) is 12.4 Å². The smallest absolute Gasteiger partial charge is 0.335 e. The van der Waals surface area contributed by atoms with E-state index in [1.54, 1.807) is 12.1 Å². The fourth-order valence-electron chi connectivity index (χ4n) is 1.42. The molecule has 0 saturated carbocycles. The number of aromatic carboxylic acids is 1. The molecule has 2 rings (SSSR count). The number of hydrogen-bond donors (Lipinski definition) is 2. The van der Waals surface area contributed by atoms with Gasteiger partial charge in [0.15, 0.2) is 5.16 Å². The molecular formula is C13H12N2O4S. The minimum absolute atomic E-state index is 0.187. The lowest BCUT2D eigenvalue weighted by Gasteiger charge is -2.05. The summed E-state index contributed by atoms with van der Waals surface area (Å²) in [5.74, 6) is 0.254. The molecule has 0 aliphatic heterocycles. The number of carboxylic acids is 1. The van der Waals surface area contributed by atoms with Gasteiger partial charge in [0.2, 0.25) is 0 Å². The second-order valence-electron chi connectivity index (χ2n) is 3.77. The van der Waals surface area contributed by atoms with Crippen molar-refractivity contribution >= 4 is 17.7 Å². The average Bonchev–Trinajstić information content (AvgIpc) is 2.44. The number of nitrogens with one attached hydrogen (secondary N) is 1. The number of carboxylic acid groups (broad SMARTS) is 1. The highest BCUT2D eigenvalue weighted by Gasteiger charge is 2.02. The van der Waals surface area contributed by atoms with E-state index in [-0.39, 0.29) is 11.1 Å². The van der Waals surface area contributed by atoms with Gasteiger partial charge in [0.1, 0.15) is 5.75 Å². The number of aromatic nitrogens is 2. The summed E-state index contributed by atoms with van der Waals surface area (Å²) in [5, 5.41) is 9.30. The molecule has 20 heavy (non-hydrogen) atoms. The van der Waals surface area contributed by atoms with Gasteiger partial charge < -0.3 is 14.8 Å². The first-order valence-electron chi connectivity index (χ1n) is 5.79. The Kier molecular flexibility index (Phi) is 4.78. The minimum atomic E-state index is -0.966. The van der Waals surface area contributed by atoms with E-state index in [0.717, 1.165) is 0 Å². The molecule has 7 heteroatoms. The van der Waals surface area contributed by atoms with Gasteiger partial charge in [0.25, 0.3) is 5.56 Å². The van der Waals surface area contributed by atoms with Gasteiger partial charge in [-0.2, -0.15) is 0 Å². The van der Waals surface area contributed by atoms with E-state index in [1.807, 2.05) is 0 Å². The number of benzene rings is 1. The van der Waals surface area contributed by atoms with Gasteiger partial charge in [0.05, 0.1) is 12.2 Å². The Hall–Kier alpha value is -2.28. The molecule has 104 valence electrons. The molecule has 2 N–H and O–H groups in total. The van der Waals surface area contributed by atoms with Crippen molar-refractivity contribution in [3.05, 3.63) is 52.4 Å². The van der Waals surface area contributed by atoms with Gasteiger partial charge >= 0.3 is 5.97 Å². The van der Waals surface area contributed by atoms with Gasteiger partial charge in [-0.3, -0.25) is 4.79 Å². The summed E-state index contributed by atoms with van der Waals surface area (Å²) in [6.45, 7) is 0.426. The van der Waals surface area contributed by atoms with Crippen LogP contribution in [0.2, 0.25) is 0 Å². The summed E-state index contributed by atoms with van der Waals surface area (Å²) in [6, 6.07) is 7.54. The van der Waals surface area contributed by atoms with Crippen LogP contribution in [0, 0.1) is 0 Å². The predicted octanol–water partition coefficient (Wildman–Crippen LogP) is 1.64. The lowest BCUT2D eigenvalue weighted by atomic mass is 10.2. The number of carbonyl (C=O) groups is 1. The molecule has 1 heterocycles. The van der Waals surface area contributed by atoms with Crippen LogP contribution in [0.3, 0.4) is 0 Å². The van der Waals surface area contributed by atoms with E-state index in [0.29, 0.717) is 23.3 Å². The topological polar surface area (TPSA) is 92.3 Å². The van der Waals surface area contributed by atoms with E-state index in [2.05, 4.69) is 9.97 Å². The van der Waals surface area contributed by atoms with Crippen molar-refractivity contribution in [2.45, 2.75) is 5.16 Å². The molecule has 0 aliphatic rings. The Morgan fingerprint density at radius 2 is 2.05 bits per heavy atom. The molecule has 0 spiro atoms. The third-order valence-electron chi connectivity index (χ3n) is 2.34. The molecule has 0 aliphatic carbocycles. The first-order chi connectivity index (χ1) is 9.65. The van der Waals surface area contributed by atoms with Gasteiger partial charge in [-0.05, 0) is 24.3 Å². The van der Waals surface area contributed by atoms with Gasteiger partial charge in [-0.25, -0.2) is 9.78 Å². The summed E-state index contributed by atoms with van der Waals surface area (Å²) >= 11 is 1.38. The Morgan fingerprint density at radius 1 is 1.30 bits per heavy atom. The van der Waals surface area contributed by atoms with Crippen LogP contribution < -0.4 is 10.3 Å².